The van der Waals surface area contributed by atoms with Crippen molar-refractivity contribution in [1.29, 1.82) is 0 Å². The van der Waals surface area contributed by atoms with Crippen molar-refractivity contribution in [3.8, 4) is 0 Å². The number of hydrogen-bond donors (Lipinski definition) is 9. The van der Waals surface area contributed by atoms with Gasteiger partial charge in [0.1, 0.15) is 30.2 Å². The maximum Gasteiger partial charge on any atom is 0.326 e. The first-order valence-electron chi connectivity index (χ1n) is 22.5. The molecule has 2 aliphatic rings. The number of carboxylic acid groups (broad SMARTS) is 1. The molecule has 0 aliphatic carbocycles. The number of carbonyl (C=O) groups excluding carboxylic acids is 8. The summed E-state index contributed by atoms with van der Waals surface area (Å²) in [6.07, 6.45) is 0.737. The molecule has 0 saturated carbocycles. The van der Waals surface area contributed by atoms with Gasteiger partial charge in [-0.2, -0.15) is 0 Å². The fourth-order valence-electron chi connectivity index (χ4n) is 8.13. The van der Waals surface area contributed by atoms with Gasteiger partial charge < -0.3 is 56.9 Å². The molecule has 1 aromatic heterocycles. The van der Waals surface area contributed by atoms with Crippen molar-refractivity contribution in [3.05, 3.63) is 108 Å². The number of aliphatic carboxylic acids is 1. The molecule has 3 heterocycles. The predicted molar refractivity (Wildman–Crippen MR) is 246 cm³/mol. The van der Waals surface area contributed by atoms with Crippen molar-refractivity contribution in [2.45, 2.75) is 94.8 Å². The number of benzene rings is 3. The standard InChI is InChI=1S/C48H57N9O11/c1-29(58)50-25-42(60)54-39-23-41(59)49-19-11-10-18-36(48(66)67)55-45(63)38(21-32-24-51-35-17-9-8-16-34(32)35)53-43(61)26-52-44(62)37(20-30-12-4-2-5-13-30)56-46(64)40-22-33(27-57(40)47(39)65)68-28-31-14-6-3-7-15-31/h2-9,12-17,24,33,36-40,51H,10-11,18-23,25-28H2,1H3,(H,49,59)(H,50,58)(H,52,62)(H,53,61)(H,54,60)(H,55,63)(H,56,64)(H,66,67)/t33?,36?,37?,38-,39?,40-/m0/s1. The molecule has 4 unspecified atom stereocenters. The summed E-state index contributed by atoms with van der Waals surface area (Å²) < 4.78 is 6.20. The minimum absolute atomic E-state index is 0.0253. The van der Waals surface area contributed by atoms with E-state index in [1.807, 2.05) is 54.6 Å². The van der Waals surface area contributed by atoms with E-state index in [9.17, 15) is 48.3 Å². The van der Waals surface area contributed by atoms with Crippen molar-refractivity contribution in [3.63, 3.8) is 0 Å². The van der Waals surface area contributed by atoms with Crippen molar-refractivity contribution >= 4 is 64.1 Å². The average Bonchev–Trinajstić information content (AvgIpc) is 3.95. The number of fused-ring (bicyclic) bond motifs is 2. The van der Waals surface area contributed by atoms with Gasteiger partial charge in [-0.1, -0.05) is 78.9 Å². The van der Waals surface area contributed by atoms with E-state index < -0.39 is 109 Å². The van der Waals surface area contributed by atoms with Gasteiger partial charge in [-0.25, -0.2) is 4.79 Å². The first-order chi connectivity index (χ1) is 32.7. The third-order valence-electron chi connectivity index (χ3n) is 11.6. The fraction of sp³-hybridized carbons (Fsp3) is 0.396. The summed E-state index contributed by atoms with van der Waals surface area (Å²) in [5.41, 5.74) is 2.92. The normalized spacial score (nSPS) is 22.7. The average molecular weight is 936 g/mol. The molecular formula is C48H57N9O11. The van der Waals surface area contributed by atoms with E-state index in [0.717, 1.165) is 16.5 Å². The molecule has 68 heavy (non-hydrogen) atoms. The molecule has 360 valence electrons. The van der Waals surface area contributed by atoms with Gasteiger partial charge in [0.25, 0.3) is 0 Å². The monoisotopic (exact) mass is 935 g/mol. The van der Waals surface area contributed by atoms with Gasteiger partial charge in [0.05, 0.1) is 32.2 Å². The molecule has 20 nitrogen and oxygen atoms in total. The number of aromatic amines is 1. The molecule has 3 aromatic carbocycles. The second-order valence-corrected chi connectivity index (χ2v) is 16.8. The number of hydrogen-bond acceptors (Lipinski definition) is 10. The van der Waals surface area contributed by atoms with Crippen molar-refractivity contribution < 1.29 is 53.0 Å². The summed E-state index contributed by atoms with van der Waals surface area (Å²) in [6, 6.07) is 18.5. The molecule has 0 radical (unpaired) electrons. The molecule has 20 heteroatoms. The Morgan fingerprint density at radius 2 is 1.46 bits per heavy atom. The number of aromatic nitrogens is 1. The summed E-state index contributed by atoms with van der Waals surface area (Å²) in [7, 11) is 0. The summed E-state index contributed by atoms with van der Waals surface area (Å²) in [6.45, 7) is 0.107. The van der Waals surface area contributed by atoms with E-state index in [1.54, 1.807) is 36.5 Å². The lowest BCUT2D eigenvalue weighted by atomic mass is 10.0. The van der Waals surface area contributed by atoms with Crippen LogP contribution >= 0.6 is 0 Å². The van der Waals surface area contributed by atoms with Gasteiger partial charge in [-0.05, 0) is 42.0 Å². The number of para-hydroxylation sites is 1. The SMILES string of the molecule is CC(=O)NCC(=O)NC1CC(=O)NCCCCC(C(=O)O)NC(=O)[C@H](Cc2c[nH]c3ccccc23)NC(=O)CNC(=O)C(Cc2ccccc2)NC(=O)[C@@H]2CC(OCc3ccccc3)CN2C1=O. The highest BCUT2D eigenvalue weighted by atomic mass is 16.5. The summed E-state index contributed by atoms with van der Waals surface area (Å²) in [5.74, 6) is -7.16. The summed E-state index contributed by atoms with van der Waals surface area (Å²) in [4.78, 5) is 126. The largest absolute Gasteiger partial charge is 0.480 e. The van der Waals surface area contributed by atoms with Crippen LogP contribution in [0.2, 0.25) is 0 Å². The molecule has 2 fully saturated rings. The Morgan fingerprint density at radius 3 is 2.18 bits per heavy atom. The Kier molecular flexibility index (Phi) is 17.8. The molecule has 6 rings (SSSR count). The topological polar surface area (TPSA) is 286 Å². The number of H-pyrrole nitrogens is 1. The van der Waals surface area contributed by atoms with Crippen LogP contribution in [-0.4, -0.2) is 131 Å². The number of ether oxygens (including phenoxy) is 1. The second kappa shape index (κ2) is 24.2. The number of amides is 8. The van der Waals surface area contributed by atoms with Crippen LogP contribution < -0.4 is 37.2 Å². The van der Waals surface area contributed by atoms with Crippen LogP contribution in [0, 0.1) is 0 Å². The number of nitrogens with zero attached hydrogens (tertiary/aromatic N) is 1. The first kappa shape index (κ1) is 49.8. The van der Waals surface area contributed by atoms with Crippen LogP contribution in [0.15, 0.2) is 91.1 Å². The number of nitrogens with one attached hydrogen (secondary N) is 8. The second-order valence-electron chi connectivity index (χ2n) is 16.8. The Hall–Kier alpha value is -7.61. The van der Waals surface area contributed by atoms with Gasteiger partial charge in [0.2, 0.25) is 47.3 Å². The zero-order valence-electron chi connectivity index (χ0n) is 37.6. The molecule has 2 saturated heterocycles. The molecule has 9 N–H and O–H groups in total. The lowest BCUT2D eigenvalue weighted by molar-refractivity contribution is -0.143. The number of carboxylic acids is 1. The third-order valence-corrected chi connectivity index (χ3v) is 11.6. The third kappa shape index (κ3) is 14.4. The summed E-state index contributed by atoms with van der Waals surface area (Å²) in [5, 5.41) is 29.0. The highest BCUT2D eigenvalue weighted by molar-refractivity contribution is 5.98. The van der Waals surface area contributed by atoms with E-state index in [4.69, 9.17) is 4.74 Å². The number of rotatable bonds is 11. The smallest absolute Gasteiger partial charge is 0.326 e. The molecule has 6 atom stereocenters. The van der Waals surface area contributed by atoms with Gasteiger partial charge >= 0.3 is 5.97 Å². The Bertz CT molecular complexity index is 2450. The van der Waals surface area contributed by atoms with E-state index in [1.165, 1.54) is 11.8 Å². The lowest BCUT2D eigenvalue weighted by Crippen LogP contribution is -2.58. The van der Waals surface area contributed by atoms with Crippen molar-refractivity contribution in [2.75, 3.05) is 26.2 Å². The molecule has 4 aromatic rings. The molecular weight excluding hydrogens is 879 g/mol. The number of carbonyl (C=O) groups is 9. The molecule has 2 aliphatic heterocycles. The van der Waals surface area contributed by atoms with E-state index in [-0.39, 0.29) is 58.2 Å². The predicted octanol–water partition coefficient (Wildman–Crippen LogP) is 0.106. The van der Waals surface area contributed by atoms with Crippen LogP contribution in [0.4, 0.5) is 0 Å². The molecule has 0 spiro atoms. The van der Waals surface area contributed by atoms with Gasteiger partial charge in [-0.3, -0.25) is 38.4 Å². The minimum Gasteiger partial charge on any atom is -0.480 e. The van der Waals surface area contributed by atoms with Crippen LogP contribution in [0.1, 0.15) is 55.7 Å². The van der Waals surface area contributed by atoms with Gasteiger partial charge in [0, 0.05) is 56.4 Å². The Balaban J connectivity index is 1.30. The van der Waals surface area contributed by atoms with E-state index in [0.29, 0.717) is 11.1 Å². The maximum atomic E-state index is 14.6. The van der Waals surface area contributed by atoms with Crippen molar-refractivity contribution in [2.24, 2.45) is 0 Å². The quantitative estimate of drug-likeness (QED) is 0.0973. The zero-order valence-corrected chi connectivity index (χ0v) is 37.6. The lowest BCUT2D eigenvalue weighted by Gasteiger charge is -2.29. The first-order valence-corrected chi connectivity index (χ1v) is 22.5. The van der Waals surface area contributed by atoms with Gasteiger partial charge in [-0.15, -0.1) is 0 Å². The fourth-order valence-corrected chi connectivity index (χ4v) is 8.13. The van der Waals surface area contributed by atoms with Crippen molar-refractivity contribution in [1.82, 2.24) is 47.1 Å². The molecule has 8 amide bonds. The molecule has 0 bridgehead atoms. The highest BCUT2D eigenvalue weighted by Gasteiger charge is 2.44. The zero-order chi connectivity index (χ0) is 48.6. The van der Waals surface area contributed by atoms with Gasteiger partial charge in [0.15, 0.2) is 0 Å². The van der Waals surface area contributed by atoms with Crippen LogP contribution in [0.3, 0.4) is 0 Å². The van der Waals surface area contributed by atoms with Crippen LogP contribution in [0.5, 0.6) is 0 Å². The maximum absolute atomic E-state index is 14.6. The van der Waals surface area contributed by atoms with E-state index >= 15 is 0 Å². The minimum atomic E-state index is -1.52. The van der Waals surface area contributed by atoms with E-state index in [2.05, 4.69) is 42.2 Å². The Labute approximate surface area is 392 Å². The Morgan fingerprint density at radius 1 is 0.765 bits per heavy atom. The summed E-state index contributed by atoms with van der Waals surface area (Å²) >= 11 is 0. The van der Waals surface area contributed by atoms with Crippen LogP contribution in [0.25, 0.3) is 10.9 Å². The highest BCUT2D eigenvalue weighted by Crippen LogP contribution is 2.25. The van der Waals surface area contributed by atoms with Crippen LogP contribution in [-0.2, 0) is 67.3 Å².